The van der Waals surface area contributed by atoms with Crippen molar-refractivity contribution in [2.45, 2.75) is 52.5 Å². The Morgan fingerprint density at radius 1 is 1.40 bits per heavy atom. The minimum atomic E-state index is -0.801. The number of hydrogen-bond acceptors (Lipinski definition) is 3. The number of carboxylic acid groups (broad SMARTS) is 1. The number of aliphatic carboxylic acids is 1. The SMILES string of the molecule is Cc1nn(C)c(C)c1CC(=O)NC(C)CCCC(=O)O. The zero-order valence-electron chi connectivity index (χ0n) is 12.6. The molecule has 0 fully saturated rings. The highest BCUT2D eigenvalue weighted by molar-refractivity contribution is 5.79. The van der Waals surface area contributed by atoms with Gasteiger partial charge < -0.3 is 10.4 Å². The maximum Gasteiger partial charge on any atom is 0.303 e. The summed E-state index contributed by atoms with van der Waals surface area (Å²) in [5.41, 5.74) is 2.83. The molecule has 1 unspecified atom stereocenters. The smallest absolute Gasteiger partial charge is 0.303 e. The molecule has 1 heterocycles. The number of nitrogens with zero attached hydrogens (tertiary/aromatic N) is 2. The van der Waals surface area contributed by atoms with E-state index in [1.54, 1.807) is 4.68 Å². The molecule has 1 amide bonds. The average molecular weight is 281 g/mol. The van der Waals surface area contributed by atoms with E-state index < -0.39 is 5.97 Å². The first-order chi connectivity index (χ1) is 9.31. The van der Waals surface area contributed by atoms with Crippen molar-refractivity contribution >= 4 is 11.9 Å². The first kappa shape index (κ1) is 16.2. The highest BCUT2D eigenvalue weighted by atomic mass is 16.4. The number of aryl methyl sites for hydroxylation is 2. The molecular weight excluding hydrogens is 258 g/mol. The van der Waals surface area contributed by atoms with Crippen LogP contribution in [0.4, 0.5) is 0 Å². The van der Waals surface area contributed by atoms with Crippen LogP contribution in [0, 0.1) is 13.8 Å². The summed E-state index contributed by atoms with van der Waals surface area (Å²) in [6.45, 7) is 5.73. The summed E-state index contributed by atoms with van der Waals surface area (Å²) in [6.07, 6.45) is 1.70. The second-order valence-electron chi connectivity index (χ2n) is 5.20. The molecule has 6 nitrogen and oxygen atoms in total. The van der Waals surface area contributed by atoms with Crippen LogP contribution in [-0.4, -0.2) is 32.8 Å². The molecule has 112 valence electrons. The predicted octanol–water partition coefficient (Wildman–Crippen LogP) is 1.34. The summed E-state index contributed by atoms with van der Waals surface area (Å²) in [5.74, 6) is -0.850. The van der Waals surface area contributed by atoms with Crippen molar-refractivity contribution in [3.8, 4) is 0 Å². The molecule has 0 spiro atoms. The van der Waals surface area contributed by atoms with Crippen molar-refractivity contribution < 1.29 is 14.7 Å². The van der Waals surface area contributed by atoms with Crippen LogP contribution in [0.15, 0.2) is 0 Å². The van der Waals surface area contributed by atoms with E-state index in [1.165, 1.54) is 0 Å². The zero-order valence-corrected chi connectivity index (χ0v) is 12.6. The quantitative estimate of drug-likeness (QED) is 0.790. The van der Waals surface area contributed by atoms with E-state index >= 15 is 0 Å². The molecular formula is C14H23N3O3. The summed E-state index contributed by atoms with van der Waals surface area (Å²) in [7, 11) is 1.86. The lowest BCUT2D eigenvalue weighted by molar-refractivity contribution is -0.137. The summed E-state index contributed by atoms with van der Waals surface area (Å²) >= 11 is 0. The van der Waals surface area contributed by atoms with E-state index in [0.29, 0.717) is 19.3 Å². The Labute approximate surface area is 119 Å². The van der Waals surface area contributed by atoms with Crippen molar-refractivity contribution in [2.24, 2.45) is 7.05 Å². The van der Waals surface area contributed by atoms with Gasteiger partial charge in [-0.3, -0.25) is 14.3 Å². The van der Waals surface area contributed by atoms with Crippen LogP contribution in [0.5, 0.6) is 0 Å². The molecule has 1 aromatic rings. The summed E-state index contributed by atoms with van der Waals surface area (Å²) in [5, 5.41) is 15.7. The highest BCUT2D eigenvalue weighted by Crippen LogP contribution is 2.12. The third-order valence-corrected chi connectivity index (χ3v) is 3.43. The van der Waals surface area contributed by atoms with Crippen molar-refractivity contribution in [1.29, 1.82) is 0 Å². The lowest BCUT2D eigenvalue weighted by Crippen LogP contribution is -2.34. The van der Waals surface area contributed by atoms with Gasteiger partial charge in [0.05, 0.1) is 12.1 Å². The number of hydrogen-bond donors (Lipinski definition) is 2. The fourth-order valence-corrected chi connectivity index (χ4v) is 2.19. The monoisotopic (exact) mass is 281 g/mol. The molecule has 20 heavy (non-hydrogen) atoms. The van der Waals surface area contributed by atoms with Gasteiger partial charge in [-0.15, -0.1) is 0 Å². The van der Waals surface area contributed by atoms with E-state index in [9.17, 15) is 9.59 Å². The maximum atomic E-state index is 12.0. The summed E-state index contributed by atoms with van der Waals surface area (Å²) in [4.78, 5) is 22.4. The van der Waals surface area contributed by atoms with Gasteiger partial charge in [-0.1, -0.05) is 0 Å². The average Bonchev–Trinajstić information content (AvgIpc) is 2.55. The Bertz CT molecular complexity index is 494. The van der Waals surface area contributed by atoms with E-state index in [1.807, 2.05) is 27.8 Å². The Hall–Kier alpha value is -1.85. The molecule has 0 saturated heterocycles. The highest BCUT2D eigenvalue weighted by Gasteiger charge is 2.15. The first-order valence-electron chi connectivity index (χ1n) is 6.81. The van der Waals surface area contributed by atoms with Crippen LogP contribution < -0.4 is 5.32 Å². The maximum absolute atomic E-state index is 12.0. The first-order valence-corrected chi connectivity index (χ1v) is 6.81. The van der Waals surface area contributed by atoms with Gasteiger partial charge in [0.1, 0.15) is 0 Å². The molecule has 1 rings (SSSR count). The molecule has 1 aromatic heterocycles. The van der Waals surface area contributed by atoms with E-state index in [4.69, 9.17) is 5.11 Å². The largest absolute Gasteiger partial charge is 0.481 e. The molecule has 0 radical (unpaired) electrons. The molecule has 2 N–H and O–H groups in total. The standard InChI is InChI=1S/C14H23N3O3/c1-9(6-5-7-14(19)20)15-13(18)8-12-10(2)16-17(4)11(12)3/h9H,5-8H2,1-4H3,(H,15,18)(H,19,20). The third kappa shape index (κ3) is 4.68. The van der Waals surface area contributed by atoms with Gasteiger partial charge in [0.15, 0.2) is 0 Å². The molecule has 0 bridgehead atoms. The predicted molar refractivity (Wildman–Crippen MR) is 75.5 cm³/mol. The van der Waals surface area contributed by atoms with Gasteiger partial charge >= 0.3 is 5.97 Å². The van der Waals surface area contributed by atoms with Crippen molar-refractivity contribution in [3.63, 3.8) is 0 Å². The minimum Gasteiger partial charge on any atom is -0.481 e. The van der Waals surface area contributed by atoms with Gasteiger partial charge in [0, 0.05) is 30.8 Å². The van der Waals surface area contributed by atoms with Gasteiger partial charge in [-0.25, -0.2) is 0 Å². The van der Waals surface area contributed by atoms with Crippen molar-refractivity contribution in [2.75, 3.05) is 0 Å². The molecule has 6 heteroatoms. The van der Waals surface area contributed by atoms with Crippen LogP contribution in [0.3, 0.4) is 0 Å². The fraction of sp³-hybridized carbons (Fsp3) is 0.643. The molecule has 0 aromatic carbocycles. The second kappa shape index (κ2) is 7.07. The summed E-state index contributed by atoms with van der Waals surface area (Å²) < 4.78 is 1.77. The van der Waals surface area contributed by atoms with Crippen LogP contribution in [0.25, 0.3) is 0 Å². The Morgan fingerprint density at radius 2 is 2.05 bits per heavy atom. The molecule has 0 aliphatic rings. The van der Waals surface area contributed by atoms with Crippen LogP contribution in [0.1, 0.15) is 43.1 Å². The Balaban J connectivity index is 2.45. The molecule has 0 saturated carbocycles. The van der Waals surface area contributed by atoms with Crippen LogP contribution in [0.2, 0.25) is 0 Å². The number of amides is 1. The Morgan fingerprint density at radius 3 is 2.55 bits per heavy atom. The lowest BCUT2D eigenvalue weighted by Gasteiger charge is -2.13. The van der Waals surface area contributed by atoms with Gasteiger partial charge in [-0.05, 0) is 33.6 Å². The Kier molecular flexibility index (Phi) is 5.73. The van der Waals surface area contributed by atoms with Gasteiger partial charge in [0.2, 0.25) is 5.91 Å². The minimum absolute atomic E-state index is 0.0147. The summed E-state index contributed by atoms with van der Waals surface area (Å²) in [6, 6.07) is -0.0147. The number of nitrogens with one attached hydrogen (secondary N) is 1. The van der Waals surface area contributed by atoms with E-state index in [0.717, 1.165) is 17.0 Å². The topological polar surface area (TPSA) is 84.2 Å². The molecule has 1 atom stereocenters. The number of aromatic nitrogens is 2. The fourth-order valence-electron chi connectivity index (χ4n) is 2.19. The molecule has 0 aliphatic heterocycles. The third-order valence-electron chi connectivity index (χ3n) is 3.43. The number of carbonyl (C=O) groups excluding carboxylic acids is 1. The van der Waals surface area contributed by atoms with Crippen molar-refractivity contribution in [3.05, 3.63) is 17.0 Å². The van der Waals surface area contributed by atoms with Crippen molar-refractivity contribution in [1.82, 2.24) is 15.1 Å². The normalized spacial score (nSPS) is 12.2. The number of carboxylic acids is 1. The second-order valence-corrected chi connectivity index (χ2v) is 5.20. The zero-order chi connectivity index (χ0) is 15.3. The van der Waals surface area contributed by atoms with Crippen LogP contribution >= 0.6 is 0 Å². The van der Waals surface area contributed by atoms with E-state index in [-0.39, 0.29) is 18.4 Å². The number of rotatable bonds is 7. The van der Waals surface area contributed by atoms with Gasteiger partial charge in [0.25, 0.3) is 0 Å². The number of carbonyl (C=O) groups is 2. The van der Waals surface area contributed by atoms with E-state index in [2.05, 4.69) is 10.4 Å². The lowest BCUT2D eigenvalue weighted by atomic mass is 10.1. The van der Waals surface area contributed by atoms with Gasteiger partial charge in [-0.2, -0.15) is 5.10 Å². The molecule has 0 aliphatic carbocycles. The van der Waals surface area contributed by atoms with Crippen LogP contribution in [-0.2, 0) is 23.1 Å².